The van der Waals surface area contributed by atoms with Gasteiger partial charge < -0.3 is 0 Å². The molecule has 0 bridgehead atoms. The highest BCUT2D eigenvalue weighted by atomic mass is 79.9. The first-order valence-corrected chi connectivity index (χ1v) is 3.77. The van der Waals surface area contributed by atoms with Crippen LogP contribution in [0.1, 0.15) is 11.4 Å². The van der Waals surface area contributed by atoms with Gasteiger partial charge >= 0.3 is 6.18 Å². The molecule has 1 aromatic rings. The van der Waals surface area contributed by atoms with E-state index in [1.807, 2.05) is 0 Å². The first-order valence-electron chi connectivity index (χ1n) is 2.98. The smallest absolute Gasteiger partial charge is 0.164 e. The van der Waals surface area contributed by atoms with Gasteiger partial charge in [-0.3, -0.25) is 0 Å². The summed E-state index contributed by atoms with van der Waals surface area (Å²) in [5, 5.41) is 6.33. The van der Waals surface area contributed by atoms with E-state index in [1.165, 1.54) is 0 Å². The van der Waals surface area contributed by atoms with Crippen LogP contribution in [0.2, 0.25) is 0 Å². The fraction of sp³-hybridized carbons (Fsp3) is 0.333. The molecule has 0 N–H and O–H groups in total. The largest absolute Gasteiger partial charge is 0.435 e. The number of alkyl halides is 3. The van der Waals surface area contributed by atoms with E-state index >= 15 is 0 Å². The van der Waals surface area contributed by atoms with E-state index in [0.717, 1.165) is 6.07 Å². The fourth-order valence-corrected chi connectivity index (χ4v) is 0.865. The van der Waals surface area contributed by atoms with E-state index in [0.29, 0.717) is 10.2 Å². The molecule has 0 saturated carbocycles. The minimum atomic E-state index is -4.43. The van der Waals surface area contributed by atoms with Crippen molar-refractivity contribution < 1.29 is 13.2 Å². The maximum Gasteiger partial charge on any atom is 0.435 e. The highest BCUT2D eigenvalue weighted by molar-refractivity contribution is 9.10. The number of aromatic nitrogens is 2. The van der Waals surface area contributed by atoms with Crippen LogP contribution in [0.3, 0.4) is 0 Å². The molecule has 0 spiro atoms. The fourth-order valence-electron chi connectivity index (χ4n) is 0.569. The van der Waals surface area contributed by atoms with Crippen molar-refractivity contribution in [1.82, 2.24) is 10.2 Å². The number of nitrogens with zero attached hydrogens (tertiary/aromatic N) is 2. The molecule has 66 valence electrons. The average Bonchev–Trinajstić information content (AvgIpc) is 1.92. The molecule has 0 amide bonds. The molecule has 0 fully saturated rings. The maximum absolute atomic E-state index is 12.0. The second kappa shape index (κ2) is 3.01. The Kier molecular flexibility index (Phi) is 2.36. The van der Waals surface area contributed by atoms with Gasteiger partial charge in [-0.1, -0.05) is 0 Å². The van der Waals surface area contributed by atoms with Crippen LogP contribution >= 0.6 is 15.9 Å². The van der Waals surface area contributed by atoms with Gasteiger partial charge in [-0.05, 0) is 28.9 Å². The lowest BCUT2D eigenvalue weighted by molar-refractivity contribution is -0.141. The highest BCUT2D eigenvalue weighted by Gasteiger charge is 2.33. The zero-order chi connectivity index (χ0) is 9.35. The molecule has 0 saturated heterocycles. The summed E-state index contributed by atoms with van der Waals surface area (Å²) < 4.78 is 36.2. The van der Waals surface area contributed by atoms with Crippen LogP contribution in [0.4, 0.5) is 13.2 Å². The van der Waals surface area contributed by atoms with Gasteiger partial charge in [0.15, 0.2) is 5.69 Å². The van der Waals surface area contributed by atoms with Crippen molar-refractivity contribution in [3.05, 3.63) is 21.9 Å². The van der Waals surface area contributed by atoms with E-state index in [9.17, 15) is 13.2 Å². The molecule has 2 nitrogen and oxygen atoms in total. The molecule has 12 heavy (non-hydrogen) atoms. The van der Waals surface area contributed by atoms with Crippen molar-refractivity contribution in [2.24, 2.45) is 0 Å². The number of hydrogen-bond donors (Lipinski definition) is 0. The third kappa shape index (κ3) is 1.94. The van der Waals surface area contributed by atoms with Crippen LogP contribution in [0.5, 0.6) is 0 Å². The Morgan fingerprint density at radius 2 is 1.92 bits per heavy atom. The molecule has 0 unspecified atom stereocenters. The van der Waals surface area contributed by atoms with Crippen molar-refractivity contribution in [2.45, 2.75) is 13.1 Å². The third-order valence-corrected chi connectivity index (χ3v) is 2.01. The molecule has 0 aliphatic heterocycles. The zero-order valence-electron chi connectivity index (χ0n) is 5.98. The van der Waals surface area contributed by atoms with Crippen LogP contribution in [0, 0.1) is 6.92 Å². The van der Waals surface area contributed by atoms with Crippen molar-refractivity contribution in [3.8, 4) is 0 Å². The van der Waals surface area contributed by atoms with E-state index in [4.69, 9.17) is 0 Å². The number of rotatable bonds is 0. The Balaban J connectivity index is 3.14. The third-order valence-electron chi connectivity index (χ3n) is 1.21. The van der Waals surface area contributed by atoms with Crippen molar-refractivity contribution >= 4 is 15.9 Å². The van der Waals surface area contributed by atoms with Crippen LogP contribution in [0.15, 0.2) is 10.5 Å². The second-order valence-electron chi connectivity index (χ2n) is 2.16. The van der Waals surface area contributed by atoms with Gasteiger partial charge in [0.1, 0.15) is 0 Å². The van der Waals surface area contributed by atoms with E-state index in [1.54, 1.807) is 6.92 Å². The van der Waals surface area contributed by atoms with Crippen LogP contribution < -0.4 is 0 Å². The Labute approximate surface area is 74.9 Å². The van der Waals surface area contributed by atoms with Gasteiger partial charge in [0, 0.05) is 4.47 Å². The van der Waals surface area contributed by atoms with Gasteiger partial charge in [-0.2, -0.15) is 18.3 Å². The SMILES string of the molecule is Cc1nnc(C(F)(F)F)cc1Br. The molecular formula is C6H4BrF3N2. The molecule has 0 aliphatic carbocycles. The predicted octanol–water partition coefficient (Wildman–Crippen LogP) is 2.57. The summed E-state index contributed by atoms with van der Waals surface area (Å²) in [7, 11) is 0. The summed E-state index contributed by atoms with van der Waals surface area (Å²) in [4.78, 5) is 0. The molecule has 1 rings (SSSR count). The lowest BCUT2D eigenvalue weighted by Gasteiger charge is -2.04. The van der Waals surface area contributed by atoms with Gasteiger partial charge in [0.25, 0.3) is 0 Å². The Morgan fingerprint density at radius 3 is 2.33 bits per heavy atom. The molecule has 0 aliphatic rings. The van der Waals surface area contributed by atoms with Crippen LogP contribution in [-0.4, -0.2) is 10.2 Å². The van der Waals surface area contributed by atoms with Crippen molar-refractivity contribution in [2.75, 3.05) is 0 Å². The first-order chi connectivity index (χ1) is 5.41. The molecule has 0 radical (unpaired) electrons. The molecule has 1 heterocycles. The summed E-state index contributed by atoms with van der Waals surface area (Å²) in [6.07, 6.45) is -4.43. The van der Waals surface area contributed by atoms with Crippen LogP contribution in [0.25, 0.3) is 0 Å². The standard InChI is InChI=1S/C6H4BrF3N2/c1-3-4(7)2-5(12-11-3)6(8,9)10/h2H,1H3. The van der Waals surface area contributed by atoms with Crippen molar-refractivity contribution in [1.29, 1.82) is 0 Å². The molecule has 0 atom stereocenters. The minimum absolute atomic E-state index is 0.310. The summed E-state index contributed by atoms with van der Waals surface area (Å²) in [5.74, 6) is 0. The first kappa shape index (κ1) is 9.44. The molecular weight excluding hydrogens is 237 g/mol. The van der Waals surface area contributed by atoms with Gasteiger partial charge in [-0.25, -0.2) is 0 Å². The van der Waals surface area contributed by atoms with E-state index in [-0.39, 0.29) is 0 Å². The van der Waals surface area contributed by atoms with Gasteiger partial charge in [0.2, 0.25) is 0 Å². The Hall–Kier alpha value is -0.650. The van der Waals surface area contributed by atoms with E-state index < -0.39 is 11.9 Å². The quantitative estimate of drug-likeness (QED) is 0.697. The van der Waals surface area contributed by atoms with Crippen LogP contribution in [-0.2, 0) is 6.18 Å². The predicted molar refractivity (Wildman–Crippen MR) is 39.5 cm³/mol. The summed E-state index contributed by atoms with van der Waals surface area (Å²) in [6, 6.07) is 0.905. The van der Waals surface area contributed by atoms with Gasteiger partial charge in [0.05, 0.1) is 5.69 Å². The average molecular weight is 241 g/mol. The molecule has 0 aromatic carbocycles. The monoisotopic (exact) mass is 240 g/mol. The Morgan fingerprint density at radius 1 is 1.33 bits per heavy atom. The van der Waals surface area contributed by atoms with Gasteiger partial charge in [-0.15, -0.1) is 5.10 Å². The lowest BCUT2D eigenvalue weighted by atomic mass is 10.3. The summed E-state index contributed by atoms with van der Waals surface area (Å²) >= 11 is 2.94. The topological polar surface area (TPSA) is 25.8 Å². The number of hydrogen-bond acceptors (Lipinski definition) is 2. The Bertz CT molecular complexity index is 297. The number of halogens is 4. The van der Waals surface area contributed by atoms with Crippen molar-refractivity contribution in [3.63, 3.8) is 0 Å². The summed E-state index contributed by atoms with van der Waals surface area (Å²) in [5.41, 5.74) is -0.553. The second-order valence-corrected chi connectivity index (χ2v) is 3.02. The number of aryl methyl sites for hydroxylation is 1. The van der Waals surface area contributed by atoms with E-state index in [2.05, 4.69) is 26.1 Å². The minimum Gasteiger partial charge on any atom is -0.164 e. The maximum atomic E-state index is 12.0. The molecule has 6 heteroatoms. The zero-order valence-corrected chi connectivity index (χ0v) is 7.57. The normalized spacial score (nSPS) is 11.8. The highest BCUT2D eigenvalue weighted by Crippen LogP contribution is 2.29. The summed E-state index contributed by atoms with van der Waals surface area (Å²) in [6.45, 7) is 1.57. The molecule has 1 aromatic heterocycles. The lowest BCUT2D eigenvalue weighted by Crippen LogP contribution is -2.09.